The molecule has 1 aromatic carbocycles. The smallest absolute Gasteiger partial charge is 0.411 e. The number of ether oxygens (including phenoxy) is 2. The van der Waals surface area contributed by atoms with Crippen LogP contribution in [0.4, 0.5) is 4.79 Å². The van der Waals surface area contributed by atoms with Crippen LogP contribution in [-0.2, 0) is 14.3 Å². The molecule has 1 amide bonds. The second-order valence-corrected chi connectivity index (χ2v) is 8.01. The van der Waals surface area contributed by atoms with Gasteiger partial charge in [0.25, 0.3) is 0 Å². The molecule has 26 heavy (non-hydrogen) atoms. The first-order chi connectivity index (χ1) is 12.3. The second kappa shape index (κ2) is 7.14. The van der Waals surface area contributed by atoms with Crippen molar-refractivity contribution in [2.75, 3.05) is 7.11 Å². The number of hydrogen-bond donors (Lipinski definition) is 0. The first-order valence-electron chi connectivity index (χ1n) is 9.15. The molecule has 1 saturated heterocycles. The predicted molar refractivity (Wildman–Crippen MR) is 99.4 cm³/mol. The third-order valence-electron chi connectivity index (χ3n) is 5.04. The number of allylic oxidation sites excluding steroid dienone is 1. The molecule has 5 nitrogen and oxygen atoms in total. The van der Waals surface area contributed by atoms with Crippen LogP contribution in [0.2, 0.25) is 0 Å². The number of benzene rings is 1. The number of rotatable bonds is 2. The lowest BCUT2D eigenvalue weighted by Gasteiger charge is -2.33. The van der Waals surface area contributed by atoms with Gasteiger partial charge in [-0.05, 0) is 57.1 Å². The Balaban J connectivity index is 1.93. The van der Waals surface area contributed by atoms with Gasteiger partial charge in [-0.25, -0.2) is 9.59 Å². The summed E-state index contributed by atoms with van der Waals surface area (Å²) in [5.41, 5.74) is 1.76. The Morgan fingerprint density at radius 3 is 2.46 bits per heavy atom. The number of carbonyl (C=O) groups excluding carboxylic acids is 2. The lowest BCUT2D eigenvalue weighted by molar-refractivity contribution is -0.146. The van der Waals surface area contributed by atoms with Crippen molar-refractivity contribution in [1.29, 1.82) is 0 Å². The summed E-state index contributed by atoms with van der Waals surface area (Å²) in [6.07, 6.45) is 4.19. The van der Waals surface area contributed by atoms with Gasteiger partial charge in [0, 0.05) is 0 Å². The molecule has 3 atom stereocenters. The minimum Gasteiger partial charge on any atom is -0.467 e. The van der Waals surface area contributed by atoms with E-state index in [4.69, 9.17) is 9.47 Å². The van der Waals surface area contributed by atoms with Gasteiger partial charge in [-0.1, -0.05) is 36.4 Å². The molecule has 0 aromatic heterocycles. The van der Waals surface area contributed by atoms with Gasteiger partial charge in [-0.3, -0.25) is 4.90 Å². The summed E-state index contributed by atoms with van der Waals surface area (Å²) >= 11 is 0. The highest BCUT2D eigenvalue weighted by molar-refractivity contribution is 5.83. The van der Waals surface area contributed by atoms with Gasteiger partial charge in [0.15, 0.2) is 0 Å². The zero-order valence-corrected chi connectivity index (χ0v) is 15.9. The fraction of sp³-hybridized carbons (Fsp3) is 0.524. The first kappa shape index (κ1) is 18.5. The van der Waals surface area contributed by atoms with E-state index in [2.05, 4.69) is 18.2 Å². The van der Waals surface area contributed by atoms with Crippen LogP contribution in [0, 0.1) is 5.92 Å². The normalized spacial score (nSPS) is 25.3. The quantitative estimate of drug-likeness (QED) is 0.750. The molecular formula is C21H27NO4. The highest BCUT2D eigenvalue weighted by Crippen LogP contribution is 2.42. The minimum absolute atomic E-state index is 0.141. The summed E-state index contributed by atoms with van der Waals surface area (Å²) < 4.78 is 10.5. The van der Waals surface area contributed by atoms with E-state index in [1.54, 1.807) is 4.90 Å². The van der Waals surface area contributed by atoms with Crippen molar-refractivity contribution in [1.82, 2.24) is 4.90 Å². The Hall–Kier alpha value is -2.30. The van der Waals surface area contributed by atoms with Gasteiger partial charge in [-0.15, -0.1) is 0 Å². The number of likely N-dealkylation sites (tertiary alicyclic amines) is 1. The lowest BCUT2D eigenvalue weighted by Crippen LogP contribution is -2.48. The molecule has 0 N–H and O–H groups in total. The SMILES string of the molecule is COC(=O)[C@@H]1C[C@@H]2CCC(c3ccccc3)=C[C@@H]2N1C(=O)OC(C)(C)C. The van der Waals surface area contributed by atoms with Crippen molar-refractivity contribution in [2.45, 2.75) is 57.7 Å². The van der Waals surface area contributed by atoms with Gasteiger partial charge in [0.1, 0.15) is 11.6 Å². The fourth-order valence-electron chi connectivity index (χ4n) is 3.91. The van der Waals surface area contributed by atoms with E-state index in [-0.39, 0.29) is 17.9 Å². The van der Waals surface area contributed by atoms with Gasteiger partial charge in [-0.2, -0.15) is 0 Å². The number of amides is 1. The van der Waals surface area contributed by atoms with E-state index in [1.807, 2.05) is 39.0 Å². The van der Waals surface area contributed by atoms with Crippen LogP contribution < -0.4 is 0 Å². The summed E-state index contributed by atoms with van der Waals surface area (Å²) in [7, 11) is 1.36. The van der Waals surface area contributed by atoms with E-state index < -0.39 is 17.7 Å². The van der Waals surface area contributed by atoms with E-state index in [9.17, 15) is 9.59 Å². The molecule has 0 unspecified atom stereocenters. The maximum Gasteiger partial charge on any atom is 0.411 e. The molecular weight excluding hydrogens is 330 g/mol. The Kier molecular flexibility index (Phi) is 5.08. The minimum atomic E-state index is -0.615. The Labute approximate surface area is 155 Å². The molecule has 0 saturated carbocycles. The molecule has 0 bridgehead atoms. The summed E-state index contributed by atoms with van der Waals surface area (Å²) in [6.45, 7) is 5.49. The van der Waals surface area contributed by atoms with Crippen LogP contribution in [0.3, 0.4) is 0 Å². The van der Waals surface area contributed by atoms with Crippen LogP contribution >= 0.6 is 0 Å². The van der Waals surface area contributed by atoms with Gasteiger partial charge < -0.3 is 9.47 Å². The van der Waals surface area contributed by atoms with Gasteiger partial charge in [0.2, 0.25) is 0 Å². The van der Waals surface area contributed by atoms with Gasteiger partial charge in [0.05, 0.1) is 13.2 Å². The number of carbonyl (C=O) groups is 2. The average Bonchev–Trinajstić information content (AvgIpc) is 2.99. The summed E-state index contributed by atoms with van der Waals surface area (Å²) in [5.74, 6) is -0.126. The van der Waals surface area contributed by atoms with E-state index in [0.717, 1.165) is 18.4 Å². The topological polar surface area (TPSA) is 55.8 Å². The lowest BCUT2D eigenvalue weighted by atomic mass is 9.83. The third kappa shape index (κ3) is 3.76. The molecule has 0 radical (unpaired) electrons. The zero-order chi connectivity index (χ0) is 18.9. The second-order valence-electron chi connectivity index (χ2n) is 8.01. The fourth-order valence-corrected chi connectivity index (χ4v) is 3.91. The first-order valence-corrected chi connectivity index (χ1v) is 9.15. The summed E-state index contributed by atoms with van der Waals surface area (Å²) in [5, 5.41) is 0. The average molecular weight is 357 g/mol. The van der Waals surface area contributed by atoms with Crippen LogP contribution in [-0.4, -0.2) is 41.8 Å². The van der Waals surface area contributed by atoms with E-state index in [0.29, 0.717) is 6.42 Å². The summed E-state index contributed by atoms with van der Waals surface area (Å²) in [4.78, 5) is 26.7. The molecule has 1 heterocycles. The van der Waals surface area contributed by atoms with Crippen molar-refractivity contribution in [3.63, 3.8) is 0 Å². The highest BCUT2D eigenvalue weighted by Gasteiger charge is 2.49. The van der Waals surface area contributed by atoms with Crippen molar-refractivity contribution < 1.29 is 19.1 Å². The van der Waals surface area contributed by atoms with Crippen molar-refractivity contribution in [3.8, 4) is 0 Å². The number of fused-ring (bicyclic) bond motifs is 1. The standard InChI is InChI=1S/C21H27NO4/c1-21(2,3)26-20(24)22-17-12-15(14-8-6-5-7-9-14)10-11-16(17)13-18(22)19(23)25-4/h5-9,12,16-18H,10-11,13H2,1-4H3/t16-,17-,18-/m0/s1. The van der Waals surface area contributed by atoms with Gasteiger partial charge >= 0.3 is 12.1 Å². The predicted octanol–water partition coefficient (Wildman–Crippen LogP) is 4.03. The number of methoxy groups -OCH3 is 1. The number of esters is 1. The Morgan fingerprint density at radius 2 is 1.85 bits per heavy atom. The maximum absolute atomic E-state index is 12.9. The third-order valence-corrected chi connectivity index (χ3v) is 5.04. The summed E-state index contributed by atoms with van der Waals surface area (Å²) in [6, 6.07) is 9.45. The highest BCUT2D eigenvalue weighted by atomic mass is 16.6. The largest absolute Gasteiger partial charge is 0.467 e. The molecule has 1 aliphatic carbocycles. The monoisotopic (exact) mass is 357 g/mol. The van der Waals surface area contributed by atoms with Crippen LogP contribution in [0.5, 0.6) is 0 Å². The number of nitrogens with zero attached hydrogens (tertiary/aromatic N) is 1. The molecule has 1 fully saturated rings. The molecule has 3 rings (SSSR count). The molecule has 2 aliphatic rings. The molecule has 0 spiro atoms. The number of hydrogen-bond acceptors (Lipinski definition) is 4. The Morgan fingerprint density at radius 1 is 1.15 bits per heavy atom. The Bertz CT molecular complexity index is 704. The van der Waals surface area contributed by atoms with E-state index in [1.165, 1.54) is 12.7 Å². The van der Waals surface area contributed by atoms with Crippen LogP contribution in [0.15, 0.2) is 36.4 Å². The van der Waals surface area contributed by atoms with Crippen molar-refractivity contribution >= 4 is 17.6 Å². The maximum atomic E-state index is 12.9. The molecule has 140 valence electrons. The van der Waals surface area contributed by atoms with E-state index >= 15 is 0 Å². The van der Waals surface area contributed by atoms with Crippen molar-refractivity contribution in [2.24, 2.45) is 5.92 Å². The van der Waals surface area contributed by atoms with Crippen LogP contribution in [0.25, 0.3) is 5.57 Å². The molecule has 1 aliphatic heterocycles. The zero-order valence-electron chi connectivity index (χ0n) is 15.9. The molecule has 1 aromatic rings. The van der Waals surface area contributed by atoms with Crippen LogP contribution in [0.1, 0.15) is 45.6 Å². The molecule has 5 heteroatoms. The van der Waals surface area contributed by atoms with Crippen molar-refractivity contribution in [3.05, 3.63) is 42.0 Å².